The number of rotatable bonds is 15. The average Bonchev–Trinajstić information content (AvgIpc) is 3.83. The highest BCUT2D eigenvalue weighted by Gasteiger charge is 2.52. The second kappa shape index (κ2) is 27.5. The molecule has 0 radical (unpaired) electrons. The molecule has 0 aliphatic carbocycles. The first-order valence-corrected chi connectivity index (χ1v) is 27.8. The number of nitrogens with zero attached hydrogens (tertiary/aromatic N) is 3. The van der Waals surface area contributed by atoms with Crippen LogP contribution in [-0.2, 0) is 63.4 Å². The van der Waals surface area contributed by atoms with E-state index in [9.17, 15) is 35.1 Å². The number of methoxy groups -OCH3 is 2. The van der Waals surface area contributed by atoms with Gasteiger partial charge in [-0.1, -0.05) is 38.5 Å². The number of aliphatic hydroxyl groups is 5. The third-order valence-corrected chi connectivity index (χ3v) is 16.3. The van der Waals surface area contributed by atoms with Crippen molar-refractivity contribution in [2.75, 3.05) is 66.7 Å². The maximum absolute atomic E-state index is 14.4. The number of morpholine rings is 1. The van der Waals surface area contributed by atoms with Gasteiger partial charge in [0.1, 0.15) is 48.6 Å². The molecule has 2 aromatic rings. The van der Waals surface area contributed by atoms with Crippen molar-refractivity contribution in [1.82, 2.24) is 19.9 Å². The predicted octanol–water partition coefficient (Wildman–Crippen LogP) is 3.02. The monoisotopic (exact) mass is 1100 g/mol. The predicted molar refractivity (Wildman–Crippen MR) is 285 cm³/mol. The number of benzene rings is 1. The zero-order valence-corrected chi connectivity index (χ0v) is 47.6. The molecular formula is C56H89N5O17. The normalized spacial score (nSPS) is 41.3. The first-order chi connectivity index (χ1) is 37.0. The number of aromatic amines is 1. The summed E-state index contributed by atoms with van der Waals surface area (Å²) in [4.78, 5) is 38.9. The van der Waals surface area contributed by atoms with E-state index in [4.69, 9.17) is 52.4 Å². The number of nitrogens with one attached hydrogen (secondary N) is 2. The number of allylic oxidation sites excluding steroid dienone is 3. The molecule has 22 nitrogen and oxygen atoms in total. The SMILES string of the molecule is CCC1OC(=O)CC(O)C(C)C(O[C@@H]2O[C@H](C)[C@@H](O[C@@H]3C[C@](C)(O)[C@H](O)[C@@H](C)O3)[C@H](N(C)C)[C@H]2O)C(Cc2nc3ccc(NN4CCOCC4)cc3[nH]2)C[C@H](C)C(=O)/C=C/C(C)=C/C1CO[C@H]1O[C@H](C)[C@@H](O)[C@@H](OC)[C@H]1OC. The van der Waals surface area contributed by atoms with E-state index in [0.29, 0.717) is 36.5 Å². The lowest BCUT2D eigenvalue weighted by Crippen LogP contribution is -2.65. The van der Waals surface area contributed by atoms with Gasteiger partial charge in [0.2, 0.25) is 0 Å². The summed E-state index contributed by atoms with van der Waals surface area (Å²) in [5.41, 5.74) is 5.02. The fraction of sp³-hybridized carbons (Fsp3) is 0.768. The Morgan fingerprint density at radius 2 is 1.59 bits per heavy atom. The van der Waals surface area contributed by atoms with Gasteiger partial charge in [-0.05, 0) is 91.7 Å². The largest absolute Gasteiger partial charge is 0.462 e. The molecule has 78 heavy (non-hydrogen) atoms. The van der Waals surface area contributed by atoms with Gasteiger partial charge in [0.25, 0.3) is 0 Å². The number of imidazole rings is 1. The van der Waals surface area contributed by atoms with Crippen molar-refractivity contribution >= 4 is 28.5 Å². The van der Waals surface area contributed by atoms with Gasteiger partial charge >= 0.3 is 5.97 Å². The van der Waals surface area contributed by atoms with Gasteiger partial charge in [-0.3, -0.25) is 9.59 Å². The quantitative estimate of drug-likeness (QED) is 0.126. The molecule has 6 unspecified atom stereocenters. The number of hydrazine groups is 1. The number of esters is 1. The Morgan fingerprint density at radius 1 is 0.885 bits per heavy atom. The molecule has 7 N–H and O–H groups in total. The number of hydrogen-bond donors (Lipinski definition) is 7. The molecule has 1 aromatic carbocycles. The molecule has 0 spiro atoms. The van der Waals surface area contributed by atoms with Crippen molar-refractivity contribution in [3.05, 3.63) is 47.8 Å². The smallest absolute Gasteiger partial charge is 0.308 e. The zero-order valence-electron chi connectivity index (χ0n) is 47.6. The number of aromatic nitrogens is 2. The number of cyclic esters (lactones) is 1. The maximum Gasteiger partial charge on any atom is 0.308 e. The van der Waals surface area contributed by atoms with Gasteiger partial charge < -0.3 is 88.2 Å². The van der Waals surface area contributed by atoms with Crippen LogP contribution in [0.2, 0.25) is 0 Å². The van der Waals surface area contributed by atoms with Gasteiger partial charge in [-0.25, -0.2) is 9.99 Å². The van der Waals surface area contributed by atoms with Crippen LogP contribution in [0, 0.1) is 23.7 Å². The number of H-pyrrole nitrogens is 1. The highest BCUT2D eigenvalue weighted by atomic mass is 16.7. The molecule has 6 heterocycles. The molecule has 0 bridgehead atoms. The first-order valence-electron chi connectivity index (χ1n) is 27.8. The van der Waals surface area contributed by atoms with E-state index >= 15 is 0 Å². The van der Waals surface area contributed by atoms with Gasteiger partial charge in [0.15, 0.2) is 24.7 Å². The first kappa shape index (κ1) is 62.1. The third-order valence-electron chi connectivity index (χ3n) is 16.3. The Balaban J connectivity index is 1.21. The number of hydrogen-bond acceptors (Lipinski definition) is 21. The minimum atomic E-state index is -1.50. The molecule has 7 rings (SSSR count). The summed E-state index contributed by atoms with van der Waals surface area (Å²) < 4.78 is 61.5. The fourth-order valence-electron chi connectivity index (χ4n) is 11.7. The third kappa shape index (κ3) is 15.1. The fourth-order valence-corrected chi connectivity index (χ4v) is 11.7. The van der Waals surface area contributed by atoms with Crippen LogP contribution in [0.25, 0.3) is 11.0 Å². The van der Waals surface area contributed by atoms with Crippen LogP contribution >= 0.6 is 0 Å². The zero-order chi connectivity index (χ0) is 56.7. The molecule has 1 aromatic heterocycles. The summed E-state index contributed by atoms with van der Waals surface area (Å²) in [5, 5.41) is 59.3. The molecule has 21 atom stereocenters. The molecule has 0 saturated carbocycles. The highest BCUT2D eigenvalue weighted by molar-refractivity contribution is 5.91. The molecular weight excluding hydrogens is 1010 g/mol. The number of carbonyl (C=O) groups excluding carboxylic acids is 2. The lowest BCUT2D eigenvalue weighted by atomic mass is 9.79. The summed E-state index contributed by atoms with van der Waals surface area (Å²) in [6.07, 6.45) is -8.68. The van der Waals surface area contributed by atoms with E-state index in [2.05, 4.69) is 15.4 Å². The maximum atomic E-state index is 14.4. The number of ether oxygens (including phenoxy) is 10. The van der Waals surface area contributed by atoms with Crippen LogP contribution in [0.4, 0.5) is 5.69 Å². The summed E-state index contributed by atoms with van der Waals surface area (Å²) in [6.45, 7) is 16.7. The minimum Gasteiger partial charge on any atom is -0.462 e. The number of carbonyl (C=O) groups is 2. The van der Waals surface area contributed by atoms with E-state index in [1.165, 1.54) is 27.2 Å². The van der Waals surface area contributed by atoms with Gasteiger partial charge in [-0.2, -0.15) is 0 Å². The summed E-state index contributed by atoms with van der Waals surface area (Å²) in [5.74, 6) is -2.82. The number of aliphatic hydroxyl groups excluding tert-OH is 4. The molecule has 4 saturated heterocycles. The molecule has 440 valence electrons. The minimum absolute atomic E-state index is 0.00610. The average molecular weight is 1100 g/mol. The summed E-state index contributed by atoms with van der Waals surface area (Å²) in [7, 11) is 6.54. The summed E-state index contributed by atoms with van der Waals surface area (Å²) in [6, 6.07) is 5.11. The Morgan fingerprint density at radius 3 is 2.26 bits per heavy atom. The number of anilines is 1. The highest BCUT2D eigenvalue weighted by Crippen LogP contribution is 2.38. The van der Waals surface area contributed by atoms with E-state index in [1.54, 1.807) is 52.8 Å². The molecule has 4 fully saturated rings. The van der Waals surface area contributed by atoms with Crippen molar-refractivity contribution in [3.8, 4) is 0 Å². The Kier molecular flexibility index (Phi) is 21.9. The van der Waals surface area contributed by atoms with E-state index in [-0.39, 0.29) is 31.7 Å². The van der Waals surface area contributed by atoms with Crippen molar-refractivity contribution in [2.24, 2.45) is 23.7 Å². The molecule has 5 aliphatic rings. The van der Waals surface area contributed by atoms with Gasteiger partial charge in [-0.15, -0.1) is 0 Å². The lowest BCUT2D eigenvalue weighted by Gasteiger charge is -2.50. The Hall–Kier alpha value is -3.53. The molecule has 5 aliphatic heterocycles. The van der Waals surface area contributed by atoms with Crippen LogP contribution in [0.15, 0.2) is 42.0 Å². The second-order valence-electron chi connectivity index (χ2n) is 22.7. The van der Waals surface area contributed by atoms with Crippen molar-refractivity contribution in [3.63, 3.8) is 0 Å². The molecule has 22 heteroatoms. The standard InChI is InChI=1S/C56H89N5O17/c1-13-42-36(28-72-55-52(70-12)51(69-11)47(65)32(5)74-55)22-29(2)14-17-40(62)30(3)23-35(24-43-57-38-16-15-37(25-39(38)58-43)59-61-18-20-71-21-19-61)49(31(4)41(63)26-44(64)76-42)78-54-48(66)46(60(9)10)50(33(6)75-54)77-45-27-56(8,68)53(67)34(7)73-45/h14-17,22,25,30-36,41-42,45-55,59,63,65-68H,13,18-21,23-24,26-28H2,1-12H3,(H,57,58)/b17-14+,29-22+/t30-,31?,32+,33+,34+,35?,36?,41?,42?,45+,46+,47+,48+,49?,50+,51+,52+,53+,54-,55-,56-/m0/s1. The van der Waals surface area contributed by atoms with E-state index < -0.39 is 140 Å². The van der Waals surface area contributed by atoms with Crippen molar-refractivity contribution < 1.29 is 82.5 Å². The van der Waals surface area contributed by atoms with Crippen molar-refractivity contribution in [1.29, 1.82) is 0 Å². The van der Waals surface area contributed by atoms with Crippen LogP contribution in [0.5, 0.6) is 0 Å². The topological polar surface area (TPSA) is 275 Å². The van der Waals surface area contributed by atoms with Crippen LogP contribution in [0.1, 0.15) is 86.9 Å². The number of likely N-dealkylation sites (N-methyl/N-ethyl adjacent to an activating group) is 1. The van der Waals surface area contributed by atoms with Crippen LogP contribution in [-0.4, -0.2) is 222 Å². The van der Waals surface area contributed by atoms with Gasteiger partial charge in [0.05, 0.1) is 85.1 Å². The van der Waals surface area contributed by atoms with E-state index in [1.807, 2.05) is 45.0 Å². The van der Waals surface area contributed by atoms with Crippen molar-refractivity contribution in [2.45, 2.75) is 191 Å². The Labute approximate surface area is 458 Å². The van der Waals surface area contributed by atoms with E-state index in [0.717, 1.165) is 24.3 Å². The lowest BCUT2D eigenvalue weighted by molar-refractivity contribution is -0.342. The second-order valence-corrected chi connectivity index (χ2v) is 22.7. The number of ketones is 1. The number of fused-ring (bicyclic) bond motifs is 1. The van der Waals surface area contributed by atoms with Crippen LogP contribution in [0.3, 0.4) is 0 Å². The Bertz CT molecular complexity index is 2310. The molecule has 0 amide bonds. The van der Waals surface area contributed by atoms with Gasteiger partial charge in [0, 0.05) is 57.9 Å². The van der Waals surface area contributed by atoms with Crippen LogP contribution < -0.4 is 5.43 Å². The summed E-state index contributed by atoms with van der Waals surface area (Å²) >= 11 is 0.